The molecule has 0 radical (unpaired) electrons. The zero-order valence-corrected chi connectivity index (χ0v) is 27.8. The van der Waals surface area contributed by atoms with E-state index in [4.69, 9.17) is 27.9 Å². The Kier molecular flexibility index (Phi) is 10.5. The smallest absolute Gasteiger partial charge is 0.264 e. The number of rotatable bonds is 14. The van der Waals surface area contributed by atoms with Gasteiger partial charge in [-0.05, 0) is 62.5 Å². The molecule has 4 rings (SSSR count). The minimum atomic E-state index is -3.49. The molecule has 3 heterocycles. The number of nitrogens with zero attached hydrogens (tertiary/aromatic N) is 4. The molecule has 1 fully saturated rings. The number of hydrogen-bond donors (Lipinski definition) is 0. The second-order valence-electron chi connectivity index (χ2n) is 12.4. The van der Waals surface area contributed by atoms with Crippen LogP contribution in [0.15, 0.2) is 30.6 Å². The zero-order valence-electron chi connectivity index (χ0n) is 26.0. The summed E-state index contributed by atoms with van der Waals surface area (Å²) in [5.41, 5.74) is 2.79. The molecule has 2 atom stereocenters. The Hall–Kier alpha value is -2.29. The van der Waals surface area contributed by atoms with Crippen molar-refractivity contribution >= 4 is 29.3 Å². The molecule has 1 aromatic carbocycles. The van der Waals surface area contributed by atoms with Crippen molar-refractivity contribution in [2.75, 3.05) is 39.3 Å². The monoisotopic (exact) mass is 622 g/mol. The van der Waals surface area contributed by atoms with Crippen molar-refractivity contribution in [2.45, 2.75) is 84.0 Å². The van der Waals surface area contributed by atoms with Crippen LogP contribution in [0.25, 0.3) is 22.2 Å². The molecular formula is C29H46N4O7SSi. The molecule has 1 aliphatic rings. The van der Waals surface area contributed by atoms with E-state index in [0.717, 1.165) is 60.0 Å². The van der Waals surface area contributed by atoms with E-state index in [2.05, 4.69) is 57.2 Å². The van der Waals surface area contributed by atoms with E-state index < -0.39 is 24.5 Å². The summed E-state index contributed by atoms with van der Waals surface area (Å²) in [6, 6.07) is 6.26. The lowest BCUT2D eigenvalue weighted by molar-refractivity contribution is -0.0365. The van der Waals surface area contributed by atoms with Crippen molar-refractivity contribution in [3.63, 3.8) is 0 Å². The third-order valence-electron chi connectivity index (χ3n) is 7.72. The molecule has 11 nitrogen and oxygen atoms in total. The van der Waals surface area contributed by atoms with Crippen LogP contribution in [-0.4, -0.2) is 81.7 Å². The van der Waals surface area contributed by atoms with Gasteiger partial charge < -0.3 is 18.6 Å². The average molecular weight is 623 g/mol. The van der Waals surface area contributed by atoms with Gasteiger partial charge in [0.25, 0.3) is 10.1 Å². The van der Waals surface area contributed by atoms with Gasteiger partial charge in [-0.3, -0.25) is 8.86 Å². The van der Waals surface area contributed by atoms with Crippen LogP contribution in [0.3, 0.4) is 0 Å². The van der Waals surface area contributed by atoms with Gasteiger partial charge in [0.2, 0.25) is 8.32 Å². The molecule has 0 saturated carbocycles. The van der Waals surface area contributed by atoms with Crippen molar-refractivity contribution in [2.24, 2.45) is 0 Å². The number of ether oxygens (including phenoxy) is 3. The highest BCUT2D eigenvalue weighted by Crippen LogP contribution is 2.39. The second kappa shape index (κ2) is 13.6. The quantitative estimate of drug-likeness (QED) is 0.133. The molecule has 234 valence electrons. The maximum Gasteiger partial charge on any atom is 0.264 e. The molecule has 2 aromatic heterocycles. The summed E-state index contributed by atoms with van der Waals surface area (Å²) in [6.45, 7) is 15.5. The van der Waals surface area contributed by atoms with Crippen molar-refractivity contribution in [1.82, 2.24) is 19.6 Å². The third-order valence-corrected chi connectivity index (χ3v) is 12.8. The average Bonchev–Trinajstić information content (AvgIpc) is 3.51. The Labute approximate surface area is 250 Å². The van der Waals surface area contributed by atoms with Gasteiger partial charge in [0.1, 0.15) is 11.4 Å². The summed E-state index contributed by atoms with van der Waals surface area (Å²) in [7, 11) is -5.51. The molecule has 13 heteroatoms. The topological polar surface area (TPSA) is 116 Å². The first kappa shape index (κ1) is 32.6. The van der Waals surface area contributed by atoms with E-state index in [1.807, 2.05) is 21.8 Å². The first-order valence-electron chi connectivity index (χ1n) is 14.6. The summed E-state index contributed by atoms with van der Waals surface area (Å²) in [5, 5.41) is 10.7. The Morgan fingerprint density at radius 1 is 1.14 bits per heavy atom. The van der Waals surface area contributed by atoms with Crippen LogP contribution >= 0.6 is 0 Å². The van der Waals surface area contributed by atoms with Gasteiger partial charge in [-0.2, -0.15) is 18.6 Å². The molecule has 0 spiro atoms. The van der Waals surface area contributed by atoms with Crippen LogP contribution in [0.1, 0.15) is 53.2 Å². The third kappa shape index (κ3) is 8.63. The van der Waals surface area contributed by atoms with Gasteiger partial charge in [-0.1, -0.05) is 20.8 Å². The van der Waals surface area contributed by atoms with E-state index in [9.17, 15) is 8.42 Å². The SMILES string of the molecule is CC(COCCOCCn1cc(-c2nn(C3CCCCO3)c3ccc(O[Si](C)(C)C(C)(C)C)cc23)cn1)OS(C)(=O)=O. The molecule has 1 aliphatic heterocycles. The van der Waals surface area contributed by atoms with E-state index in [1.54, 1.807) is 6.92 Å². The van der Waals surface area contributed by atoms with Crippen molar-refractivity contribution in [1.29, 1.82) is 0 Å². The Balaban J connectivity index is 1.43. The molecule has 2 unspecified atom stereocenters. The van der Waals surface area contributed by atoms with E-state index in [0.29, 0.717) is 26.4 Å². The van der Waals surface area contributed by atoms with E-state index >= 15 is 0 Å². The lowest BCUT2D eigenvalue weighted by Crippen LogP contribution is -2.43. The Bertz CT molecular complexity index is 1430. The van der Waals surface area contributed by atoms with Crippen molar-refractivity contribution < 1.29 is 31.2 Å². The molecule has 0 bridgehead atoms. The molecule has 1 saturated heterocycles. The summed E-state index contributed by atoms with van der Waals surface area (Å²) in [6.07, 6.45) is 7.34. The van der Waals surface area contributed by atoms with Crippen LogP contribution in [0.2, 0.25) is 18.1 Å². The molecule has 0 amide bonds. The number of aromatic nitrogens is 4. The standard InChI is InChI=1S/C29H46N4O7SSi/c1-22(39-41(5,34)35)21-37-17-16-36-15-13-32-20-23(19-30-32)28-25-18-24(40-42(6,7)29(2,3)4)11-12-26(25)33(31-28)27-10-8-9-14-38-27/h11-12,18-20,22,27H,8-10,13-17,21H2,1-7H3. The van der Waals surface area contributed by atoms with Gasteiger partial charge in [0.15, 0.2) is 6.23 Å². The van der Waals surface area contributed by atoms with Gasteiger partial charge in [0, 0.05) is 23.8 Å². The highest BCUT2D eigenvalue weighted by atomic mass is 32.2. The lowest BCUT2D eigenvalue weighted by Gasteiger charge is -2.36. The predicted octanol–water partition coefficient (Wildman–Crippen LogP) is 5.38. The van der Waals surface area contributed by atoms with Crippen LogP contribution in [-0.2, 0) is 35.1 Å². The number of fused-ring (bicyclic) bond motifs is 1. The van der Waals surface area contributed by atoms with E-state index in [1.165, 1.54) is 0 Å². The Morgan fingerprint density at radius 2 is 1.90 bits per heavy atom. The summed E-state index contributed by atoms with van der Waals surface area (Å²) >= 11 is 0. The van der Waals surface area contributed by atoms with Gasteiger partial charge in [-0.25, -0.2) is 4.68 Å². The second-order valence-corrected chi connectivity index (χ2v) is 18.8. The van der Waals surface area contributed by atoms with Crippen LogP contribution < -0.4 is 4.43 Å². The minimum absolute atomic E-state index is 0.0886. The van der Waals surface area contributed by atoms with Crippen LogP contribution in [0.5, 0.6) is 5.75 Å². The maximum absolute atomic E-state index is 11.2. The predicted molar refractivity (Wildman–Crippen MR) is 165 cm³/mol. The normalized spacial score (nSPS) is 17.5. The molecule has 42 heavy (non-hydrogen) atoms. The largest absolute Gasteiger partial charge is 0.543 e. The summed E-state index contributed by atoms with van der Waals surface area (Å²) in [5.74, 6) is 0.861. The Morgan fingerprint density at radius 3 is 2.60 bits per heavy atom. The first-order chi connectivity index (χ1) is 19.7. The molecule has 3 aromatic rings. The van der Waals surface area contributed by atoms with Crippen molar-refractivity contribution in [3.05, 3.63) is 30.6 Å². The van der Waals surface area contributed by atoms with Gasteiger partial charge >= 0.3 is 0 Å². The summed E-state index contributed by atoms with van der Waals surface area (Å²) in [4.78, 5) is 0. The molecule has 0 N–H and O–H groups in total. The number of benzene rings is 1. The summed E-state index contributed by atoms with van der Waals surface area (Å²) < 4.78 is 54.9. The van der Waals surface area contributed by atoms with Crippen LogP contribution in [0, 0.1) is 0 Å². The van der Waals surface area contributed by atoms with E-state index in [-0.39, 0.29) is 17.9 Å². The first-order valence-corrected chi connectivity index (χ1v) is 19.4. The lowest BCUT2D eigenvalue weighted by atomic mass is 10.1. The fraction of sp³-hybridized carbons (Fsp3) is 0.655. The fourth-order valence-corrected chi connectivity index (χ4v) is 6.22. The fourth-order valence-electron chi connectivity index (χ4n) is 4.54. The highest BCUT2D eigenvalue weighted by Gasteiger charge is 2.39. The molecule has 0 aliphatic carbocycles. The highest BCUT2D eigenvalue weighted by molar-refractivity contribution is 7.86. The van der Waals surface area contributed by atoms with Gasteiger partial charge in [0.05, 0.1) is 57.0 Å². The molecular weight excluding hydrogens is 576 g/mol. The van der Waals surface area contributed by atoms with Crippen LogP contribution in [0.4, 0.5) is 0 Å². The maximum atomic E-state index is 11.2. The van der Waals surface area contributed by atoms with Crippen molar-refractivity contribution in [3.8, 4) is 17.0 Å². The zero-order chi connectivity index (χ0) is 30.5. The number of hydrogen-bond acceptors (Lipinski definition) is 9. The van der Waals surface area contributed by atoms with Gasteiger partial charge in [-0.15, -0.1) is 0 Å². The minimum Gasteiger partial charge on any atom is -0.543 e.